The van der Waals surface area contributed by atoms with Crippen LogP contribution in [-0.4, -0.2) is 40.6 Å². The molecule has 0 aliphatic carbocycles. The van der Waals surface area contributed by atoms with E-state index in [4.69, 9.17) is 14.2 Å². The number of carbonyl (C=O) groups excluding carboxylic acids is 2. The van der Waals surface area contributed by atoms with Gasteiger partial charge < -0.3 is 19.5 Å². The molecule has 0 saturated heterocycles. The van der Waals surface area contributed by atoms with Crippen LogP contribution in [0.4, 0.5) is 11.4 Å². The molecule has 0 aliphatic rings. The largest absolute Gasteiger partial charge is 0.482 e. The molecule has 1 amide bonds. The highest BCUT2D eigenvalue weighted by Gasteiger charge is 2.22. The van der Waals surface area contributed by atoms with E-state index in [0.29, 0.717) is 28.6 Å². The number of ether oxygens (including phenoxy) is 3. The van der Waals surface area contributed by atoms with Crippen LogP contribution in [0.1, 0.15) is 0 Å². The van der Waals surface area contributed by atoms with E-state index in [-0.39, 0.29) is 4.21 Å². The van der Waals surface area contributed by atoms with Crippen molar-refractivity contribution in [3.05, 3.63) is 96.4 Å². The van der Waals surface area contributed by atoms with E-state index < -0.39 is 35.1 Å². The number of hydrogen-bond acceptors (Lipinski definition) is 8. The van der Waals surface area contributed by atoms with Crippen LogP contribution in [0.25, 0.3) is 0 Å². The Hall–Kier alpha value is -4.35. The summed E-state index contributed by atoms with van der Waals surface area (Å²) in [6.07, 6.45) is 0. The number of nitrogens with one attached hydrogen (secondary N) is 1. The SMILES string of the molecule is CN(c1ccc(OCC(=O)OCC(=O)Nc2ccc(Oc3ccccc3)cc2)cc1)S(=O)(=O)c1cccs1. The van der Waals surface area contributed by atoms with Gasteiger partial charge in [0.1, 0.15) is 21.5 Å². The van der Waals surface area contributed by atoms with Gasteiger partial charge in [-0.3, -0.25) is 9.10 Å². The standard InChI is InChI=1S/C27H24N2O7S2/c1-29(38(32,33)27-8-5-17-37-27)21-11-15-22(16-12-21)34-19-26(31)35-18-25(30)28-20-9-13-24(14-10-20)36-23-6-3-2-4-7-23/h2-17H,18-19H2,1H3,(H,28,30). The maximum absolute atomic E-state index is 12.6. The quantitative estimate of drug-likeness (QED) is 0.263. The molecule has 0 unspecified atom stereocenters. The lowest BCUT2D eigenvalue weighted by Gasteiger charge is -2.18. The van der Waals surface area contributed by atoms with Crippen molar-refractivity contribution in [3.63, 3.8) is 0 Å². The molecular weight excluding hydrogens is 528 g/mol. The first-order valence-corrected chi connectivity index (χ1v) is 13.7. The summed E-state index contributed by atoms with van der Waals surface area (Å²) in [4.78, 5) is 24.1. The van der Waals surface area contributed by atoms with Crippen molar-refractivity contribution in [1.29, 1.82) is 0 Å². The topological polar surface area (TPSA) is 111 Å². The summed E-state index contributed by atoms with van der Waals surface area (Å²) in [5.41, 5.74) is 0.957. The van der Waals surface area contributed by atoms with Crippen LogP contribution < -0.4 is 19.1 Å². The third-order valence-electron chi connectivity index (χ3n) is 5.15. The predicted octanol–water partition coefficient (Wildman–Crippen LogP) is 4.93. The molecule has 4 aromatic rings. The molecule has 9 nitrogen and oxygen atoms in total. The number of sulfonamides is 1. The van der Waals surface area contributed by atoms with Gasteiger partial charge in [0.25, 0.3) is 15.9 Å². The lowest BCUT2D eigenvalue weighted by Crippen LogP contribution is -2.25. The van der Waals surface area contributed by atoms with Gasteiger partial charge in [-0.15, -0.1) is 11.3 Å². The van der Waals surface area contributed by atoms with E-state index in [1.54, 1.807) is 60.0 Å². The van der Waals surface area contributed by atoms with Crippen LogP contribution in [0.5, 0.6) is 17.2 Å². The molecule has 1 heterocycles. The van der Waals surface area contributed by atoms with Gasteiger partial charge in [0, 0.05) is 12.7 Å². The number of carbonyl (C=O) groups is 2. The highest BCUT2D eigenvalue weighted by atomic mass is 32.2. The second-order valence-electron chi connectivity index (χ2n) is 7.84. The second-order valence-corrected chi connectivity index (χ2v) is 11.0. The van der Waals surface area contributed by atoms with Crippen molar-refractivity contribution in [2.45, 2.75) is 4.21 Å². The maximum atomic E-state index is 12.6. The highest BCUT2D eigenvalue weighted by Crippen LogP contribution is 2.27. The Labute approximate surface area is 224 Å². The summed E-state index contributed by atoms with van der Waals surface area (Å²) >= 11 is 1.14. The Morgan fingerprint density at radius 2 is 1.47 bits per heavy atom. The van der Waals surface area contributed by atoms with E-state index in [0.717, 1.165) is 11.3 Å². The summed E-state index contributed by atoms with van der Waals surface area (Å²) in [7, 11) is -2.19. The molecule has 11 heteroatoms. The van der Waals surface area contributed by atoms with Gasteiger partial charge in [-0.05, 0) is 72.1 Å². The zero-order valence-corrected chi connectivity index (χ0v) is 21.9. The summed E-state index contributed by atoms with van der Waals surface area (Å²) in [6, 6.07) is 25.5. The summed E-state index contributed by atoms with van der Waals surface area (Å²) in [5, 5.41) is 4.33. The minimum Gasteiger partial charge on any atom is -0.482 e. The van der Waals surface area contributed by atoms with E-state index in [2.05, 4.69) is 5.32 Å². The summed E-state index contributed by atoms with van der Waals surface area (Å²) < 4.78 is 42.7. The molecule has 38 heavy (non-hydrogen) atoms. The van der Waals surface area contributed by atoms with E-state index in [1.807, 2.05) is 30.3 Å². The number of para-hydroxylation sites is 1. The van der Waals surface area contributed by atoms with Crippen molar-refractivity contribution in [1.82, 2.24) is 0 Å². The number of thiophene rings is 1. The zero-order valence-electron chi connectivity index (χ0n) is 20.3. The van der Waals surface area contributed by atoms with Crippen molar-refractivity contribution in [3.8, 4) is 17.2 Å². The van der Waals surface area contributed by atoms with Crippen LogP contribution in [0.2, 0.25) is 0 Å². The van der Waals surface area contributed by atoms with Gasteiger partial charge in [-0.25, -0.2) is 13.2 Å². The zero-order chi connectivity index (χ0) is 27.0. The number of rotatable bonds is 11. The fourth-order valence-electron chi connectivity index (χ4n) is 3.19. The van der Waals surface area contributed by atoms with Crippen LogP contribution in [-0.2, 0) is 24.3 Å². The maximum Gasteiger partial charge on any atom is 0.344 e. The second kappa shape index (κ2) is 12.3. The Balaban J connectivity index is 1.19. The molecule has 0 saturated carbocycles. The molecule has 0 aliphatic heterocycles. The number of amides is 1. The Kier molecular flexibility index (Phi) is 8.62. The summed E-state index contributed by atoms with van der Waals surface area (Å²) in [6.45, 7) is -0.893. The smallest absolute Gasteiger partial charge is 0.344 e. The minimum absolute atomic E-state index is 0.237. The van der Waals surface area contributed by atoms with Crippen LogP contribution in [0.3, 0.4) is 0 Å². The molecule has 4 rings (SSSR count). The summed E-state index contributed by atoms with van der Waals surface area (Å²) in [5.74, 6) is 0.419. The number of nitrogens with zero attached hydrogens (tertiary/aromatic N) is 1. The number of hydrogen-bond donors (Lipinski definition) is 1. The van der Waals surface area contributed by atoms with E-state index in [9.17, 15) is 18.0 Å². The molecule has 196 valence electrons. The minimum atomic E-state index is -3.65. The third-order valence-corrected chi connectivity index (χ3v) is 8.31. The van der Waals surface area contributed by atoms with Gasteiger partial charge >= 0.3 is 5.97 Å². The first-order chi connectivity index (χ1) is 18.3. The van der Waals surface area contributed by atoms with Gasteiger partial charge in [0.15, 0.2) is 13.2 Å². The van der Waals surface area contributed by atoms with Crippen molar-refractivity contribution in [2.24, 2.45) is 0 Å². The number of esters is 1. The van der Waals surface area contributed by atoms with Gasteiger partial charge in [0.2, 0.25) is 0 Å². The molecule has 0 spiro atoms. The normalized spacial score (nSPS) is 10.9. The lowest BCUT2D eigenvalue weighted by atomic mass is 10.3. The Morgan fingerprint density at radius 3 is 2.13 bits per heavy atom. The molecule has 1 aromatic heterocycles. The molecule has 0 radical (unpaired) electrons. The van der Waals surface area contributed by atoms with E-state index in [1.165, 1.54) is 17.4 Å². The lowest BCUT2D eigenvalue weighted by molar-refractivity contribution is -0.149. The van der Waals surface area contributed by atoms with Crippen LogP contribution >= 0.6 is 11.3 Å². The van der Waals surface area contributed by atoms with Crippen molar-refractivity contribution >= 4 is 44.6 Å². The van der Waals surface area contributed by atoms with Gasteiger partial charge in [-0.2, -0.15) is 0 Å². The van der Waals surface area contributed by atoms with Crippen LogP contribution in [0, 0.1) is 0 Å². The van der Waals surface area contributed by atoms with Crippen molar-refractivity contribution in [2.75, 3.05) is 29.9 Å². The third kappa shape index (κ3) is 7.11. The average Bonchev–Trinajstić information content (AvgIpc) is 3.49. The molecular formula is C27H24N2O7S2. The van der Waals surface area contributed by atoms with Gasteiger partial charge in [-0.1, -0.05) is 24.3 Å². The van der Waals surface area contributed by atoms with Crippen LogP contribution in [0.15, 0.2) is 101 Å². The monoisotopic (exact) mass is 552 g/mol. The number of anilines is 2. The molecule has 1 N–H and O–H groups in total. The molecule has 0 bridgehead atoms. The van der Waals surface area contributed by atoms with E-state index >= 15 is 0 Å². The fraction of sp³-hybridized carbons (Fsp3) is 0.111. The average molecular weight is 553 g/mol. The fourth-order valence-corrected chi connectivity index (χ4v) is 5.55. The molecule has 0 fully saturated rings. The molecule has 3 aromatic carbocycles. The van der Waals surface area contributed by atoms with Gasteiger partial charge in [0.05, 0.1) is 5.69 Å². The Bertz CT molecular complexity index is 1460. The highest BCUT2D eigenvalue weighted by molar-refractivity contribution is 7.94. The number of benzene rings is 3. The Morgan fingerprint density at radius 1 is 0.816 bits per heavy atom. The molecule has 0 atom stereocenters. The predicted molar refractivity (Wildman–Crippen MR) is 144 cm³/mol. The first-order valence-electron chi connectivity index (χ1n) is 11.3. The van der Waals surface area contributed by atoms with Crippen molar-refractivity contribution < 1.29 is 32.2 Å². The first kappa shape index (κ1) is 26.7.